The van der Waals surface area contributed by atoms with E-state index in [1.807, 2.05) is 6.92 Å². The summed E-state index contributed by atoms with van der Waals surface area (Å²) >= 11 is 1.60. The molecule has 1 N–H and O–H groups in total. The summed E-state index contributed by atoms with van der Waals surface area (Å²) in [5, 5.41) is 3.74. The van der Waals surface area contributed by atoms with Crippen LogP contribution in [0.1, 0.15) is 13.8 Å². The van der Waals surface area contributed by atoms with Gasteiger partial charge in [0, 0.05) is 0 Å². The molecule has 0 aromatic heterocycles. The fraction of sp³-hybridized carbons (Fsp3) is 0.800. The average Bonchev–Trinajstić information content (AvgIpc) is 1.96. The first-order valence-corrected chi connectivity index (χ1v) is 3.22. The number of nitrogens with zero attached hydrogens (tertiary/aromatic N) is 1. The van der Waals surface area contributed by atoms with Gasteiger partial charge >= 0.3 is 41.7 Å². The van der Waals surface area contributed by atoms with Gasteiger partial charge in [-0.25, -0.2) is 0 Å². The van der Waals surface area contributed by atoms with Crippen molar-refractivity contribution in [1.29, 1.82) is 4.10 Å². The molecule has 0 aliphatic carbocycles. The Morgan fingerprint density at radius 3 is 1.56 bits per heavy atom. The van der Waals surface area contributed by atoms with Crippen molar-refractivity contribution < 1.29 is 37.6 Å². The predicted molar refractivity (Wildman–Crippen MR) is 33.6 cm³/mol. The maximum atomic E-state index is 5.68. The monoisotopic (exact) mass is 306 g/mol. The minimum absolute atomic E-state index is 0. The molecule has 4 heteroatoms. The molecule has 0 aliphatic rings. The summed E-state index contributed by atoms with van der Waals surface area (Å²) in [7, 11) is 1.81. The fourth-order valence-corrected chi connectivity index (χ4v) is 0. The third-order valence-electron chi connectivity index (χ3n) is 0.316. The van der Waals surface area contributed by atoms with Crippen molar-refractivity contribution in [2.45, 2.75) is 13.8 Å². The van der Waals surface area contributed by atoms with Gasteiger partial charge in [0.15, 0.2) is 0 Å². The van der Waals surface area contributed by atoms with Crippen molar-refractivity contribution in [3.05, 3.63) is 12.2 Å². The third-order valence-corrected chi connectivity index (χ3v) is 0.316. The van der Waals surface area contributed by atoms with Gasteiger partial charge in [-0.2, -0.15) is 20.5 Å². The Balaban J connectivity index is -0.0000000221. The largest absolute Gasteiger partial charge is 1.00 e. The minimum atomic E-state index is 0. The van der Waals surface area contributed by atoms with Crippen LogP contribution in [0.2, 0.25) is 0 Å². The van der Waals surface area contributed by atoms with E-state index < -0.39 is 0 Å². The van der Waals surface area contributed by atoms with Crippen molar-refractivity contribution in [2.75, 3.05) is 13.6 Å². The fourth-order valence-electron chi connectivity index (χ4n) is 0. The standard InChI is InChI=1S/C3H8N.C2H5.HN.2Ru/c1-3-4-2;1-2;;;/h3H2,1-2H3;1H2,2H3;1H;;/q2*-1;;2*+1. The molecule has 0 bridgehead atoms. The summed E-state index contributed by atoms with van der Waals surface area (Å²) in [6.45, 7) is 7.96. The smallest absolute Gasteiger partial charge is 1.00 e. The summed E-state index contributed by atoms with van der Waals surface area (Å²) in [5.74, 6) is 0. The van der Waals surface area contributed by atoms with E-state index in [0.717, 1.165) is 6.54 Å². The van der Waals surface area contributed by atoms with Crippen LogP contribution in [0.25, 0.3) is 5.32 Å². The summed E-state index contributed by atoms with van der Waals surface area (Å²) in [6, 6.07) is 0. The number of hydrogen-bond donors (Lipinski definition) is 1. The SMILES string of the molecule is CC[N-]C.[CH2-]C.[NH]=[Ru+].[Ru+]. The van der Waals surface area contributed by atoms with Crippen molar-refractivity contribution in [2.24, 2.45) is 0 Å². The molecule has 0 aromatic carbocycles. The Bertz CT molecular complexity index is 20.4. The molecule has 0 saturated carbocycles. The molecular weight excluding hydrogens is 290 g/mol. The van der Waals surface area contributed by atoms with Crippen LogP contribution in [0.15, 0.2) is 0 Å². The van der Waals surface area contributed by atoms with Crippen LogP contribution >= 0.6 is 0 Å². The first-order chi connectivity index (χ1) is 3.91. The summed E-state index contributed by atoms with van der Waals surface area (Å²) in [4.78, 5) is 0. The molecule has 0 aromatic rings. The van der Waals surface area contributed by atoms with Gasteiger partial charge in [0.2, 0.25) is 0 Å². The molecule has 0 fully saturated rings. The number of rotatable bonds is 1. The van der Waals surface area contributed by atoms with E-state index in [0.29, 0.717) is 0 Å². The summed E-state index contributed by atoms with van der Waals surface area (Å²) < 4.78 is 5.68. The van der Waals surface area contributed by atoms with Crippen LogP contribution in [-0.4, -0.2) is 13.6 Å². The number of hydrogen-bond acceptors (Lipinski definition) is 1. The molecule has 9 heavy (non-hydrogen) atoms. The van der Waals surface area contributed by atoms with E-state index in [2.05, 4.69) is 12.2 Å². The quantitative estimate of drug-likeness (QED) is 0.569. The second kappa shape index (κ2) is 63.9. The molecule has 0 atom stereocenters. The Kier molecular flexibility index (Phi) is 160. The van der Waals surface area contributed by atoms with E-state index in [1.54, 1.807) is 32.1 Å². The maximum absolute atomic E-state index is 5.68. The van der Waals surface area contributed by atoms with Gasteiger partial charge in [0.05, 0.1) is 0 Å². The van der Waals surface area contributed by atoms with E-state index in [1.165, 1.54) is 0 Å². The molecule has 0 amide bonds. The maximum Gasteiger partial charge on any atom is 1.00 e. The van der Waals surface area contributed by atoms with Gasteiger partial charge < -0.3 is 12.2 Å². The molecule has 2 nitrogen and oxygen atoms in total. The van der Waals surface area contributed by atoms with E-state index >= 15 is 0 Å². The van der Waals surface area contributed by atoms with Gasteiger partial charge in [0.1, 0.15) is 0 Å². The van der Waals surface area contributed by atoms with E-state index in [9.17, 15) is 0 Å². The first-order valence-electron chi connectivity index (χ1n) is 2.35. The predicted octanol–water partition coefficient (Wildman–Crippen LogP) is 2.14. The second-order valence-electron chi connectivity index (χ2n) is 0.632. The zero-order chi connectivity index (χ0) is 7.41. The molecule has 0 saturated heterocycles. The van der Waals surface area contributed by atoms with Crippen LogP contribution in [0, 0.1) is 11.0 Å². The Morgan fingerprint density at radius 2 is 1.56 bits per heavy atom. The van der Waals surface area contributed by atoms with E-state index in [-0.39, 0.29) is 19.5 Å². The van der Waals surface area contributed by atoms with Crippen molar-refractivity contribution in [1.82, 2.24) is 0 Å². The third kappa shape index (κ3) is 110. The van der Waals surface area contributed by atoms with E-state index in [4.69, 9.17) is 4.10 Å². The van der Waals surface area contributed by atoms with Gasteiger partial charge in [-0.1, -0.05) is 6.92 Å². The van der Waals surface area contributed by atoms with Gasteiger partial charge in [0.25, 0.3) is 0 Å². The molecule has 60 valence electrons. The minimum Gasteiger partial charge on any atom is 1.00 e. The first kappa shape index (κ1) is 22.5. The Morgan fingerprint density at radius 1 is 1.44 bits per heavy atom. The van der Waals surface area contributed by atoms with Crippen LogP contribution in [-0.2, 0) is 37.6 Å². The van der Waals surface area contributed by atoms with Crippen LogP contribution in [0.4, 0.5) is 0 Å². The van der Waals surface area contributed by atoms with Crippen molar-refractivity contribution in [3.63, 3.8) is 0 Å². The topological polar surface area (TPSA) is 38.0 Å². The molecule has 0 aliphatic heterocycles. The number of nitrogens with one attached hydrogen (secondary N) is 1. The summed E-state index contributed by atoms with van der Waals surface area (Å²) in [5.41, 5.74) is 0. The van der Waals surface area contributed by atoms with Crippen LogP contribution < -0.4 is 0 Å². The van der Waals surface area contributed by atoms with Gasteiger partial charge in [-0.15, -0.1) is 0 Å². The zero-order valence-corrected chi connectivity index (χ0v) is 9.54. The Hall–Kier alpha value is 1.01. The second-order valence-corrected chi connectivity index (χ2v) is 0.632. The molecule has 1 radical (unpaired) electrons. The molecule has 0 spiro atoms. The van der Waals surface area contributed by atoms with Crippen LogP contribution in [0.5, 0.6) is 0 Å². The van der Waals surface area contributed by atoms with Gasteiger partial charge in [-0.3, -0.25) is 0 Å². The van der Waals surface area contributed by atoms with Crippen molar-refractivity contribution >= 4 is 0 Å². The molecule has 0 heterocycles. The normalized spacial score (nSPS) is 4.44. The molecule has 0 rings (SSSR count). The zero-order valence-electron chi connectivity index (χ0n) is 6.07. The summed E-state index contributed by atoms with van der Waals surface area (Å²) in [6.07, 6.45) is 0. The van der Waals surface area contributed by atoms with Crippen molar-refractivity contribution in [3.8, 4) is 0 Å². The molecular formula is C5H14N2Ru2. The Labute approximate surface area is 81.2 Å². The van der Waals surface area contributed by atoms with Crippen LogP contribution in [0.3, 0.4) is 0 Å². The van der Waals surface area contributed by atoms with Gasteiger partial charge in [-0.05, 0) is 0 Å². The molecule has 0 unspecified atom stereocenters. The average molecular weight is 304 g/mol.